The number of likely N-dealkylation sites (tertiary alicyclic amines) is 2. The average molecular weight is 1110 g/mol. The Hall–Kier alpha value is -6.57. The van der Waals surface area contributed by atoms with E-state index in [1.54, 1.807) is 44.6 Å². The predicted octanol–water partition coefficient (Wildman–Crippen LogP) is 8.82. The number of rotatable bonds is 20. The number of β-amino-alcohol motifs (C(OH)–C–C–N with tert-alkyl or cyclic N) is 1. The van der Waals surface area contributed by atoms with E-state index in [-0.39, 0.29) is 94.2 Å². The number of anilines is 1. The van der Waals surface area contributed by atoms with Gasteiger partial charge in [0.25, 0.3) is 5.91 Å². The molecule has 9 rings (SSSR count). The van der Waals surface area contributed by atoms with Gasteiger partial charge in [-0.2, -0.15) is 0 Å². The van der Waals surface area contributed by atoms with Crippen LogP contribution >= 0.6 is 11.3 Å². The molecule has 0 bridgehead atoms. The molecule has 4 aliphatic rings. The zero-order chi connectivity index (χ0) is 56.0. The third kappa shape index (κ3) is 14.1. The number of nitrogens with one attached hydrogen (secondary N) is 3. The molecule has 79 heavy (non-hydrogen) atoms. The number of aliphatic hydroxyl groups excluding tert-OH is 1. The van der Waals surface area contributed by atoms with Gasteiger partial charge >= 0.3 is 0 Å². The quantitative estimate of drug-likeness (QED) is 0.0543. The minimum Gasteiger partial charge on any atom is -0.491 e. The standard InChI is InChI=1S/C60H73F2N7O9S/c1-36(38-6-8-39(9-7-38)47-18-24-63-49-17-12-42(61)31-48(47)49)55(72)66-43-13-15-45(16-14-43)78-46-19-25-68(26-20-46)52(71)21-27-76-28-29-77-51-30-40(53-37(2)65-35-79-53)10-11-41(51)33-64-56(73)50-32-44(70)34-69(50)57(74)54(59(3,4)5)67-58(75)60(62)22-23-60/h10-18,24,30-31,35-36,38-39,44,46,50,54,70H,6-9,19-23,25-29,32-34H2,1-5H3,(H,64,73)(H,66,72)(H,67,75)/t36-,38?,39?,44-,50+,54-/m1/s1. The van der Waals surface area contributed by atoms with Crippen molar-refractivity contribution in [3.63, 3.8) is 0 Å². The van der Waals surface area contributed by atoms with Gasteiger partial charge in [0.1, 0.15) is 42.1 Å². The number of nitrogens with zero attached hydrogens (tertiary/aromatic N) is 4. The Morgan fingerprint density at radius 3 is 2.35 bits per heavy atom. The van der Waals surface area contributed by atoms with Crippen molar-refractivity contribution in [3.05, 3.63) is 101 Å². The number of fused-ring (bicyclic) bond motifs is 1. The molecule has 0 unspecified atom stereocenters. The highest BCUT2D eigenvalue weighted by atomic mass is 32.1. The van der Waals surface area contributed by atoms with Crippen LogP contribution in [0.5, 0.6) is 11.5 Å². The summed E-state index contributed by atoms with van der Waals surface area (Å²) < 4.78 is 47.2. The van der Waals surface area contributed by atoms with Crippen molar-refractivity contribution in [1.82, 2.24) is 30.4 Å². The fraction of sp³-hybridized carbons (Fsp3) is 0.517. The normalized spacial score (nSPS) is 21.0. The molecule has 2 aliphatic carbocycles. The fourth-order valence-electron chi connectivity index (χ4n) is 11.1. The second kappa shape index (κ2) is 24.8. The average Bonchev–Trinajstić information content (AvgIpc) is 4.04. The first kappa shape index (κ1) is 57.1. The second-order valence-electron chi connectivity index (χ2n) is 22.8. The first-order chi connectivity index (χ1) is 37.8. The molecule has 3 aromatic carbocycles. The van der Waals surface area contributed by atoms with Crippen molar-refractivity contribution in [2.75, 3.05) is 44.8 Å². The minimum absolute atomic E-state index is 0.00198. The number of amides is 5. The molecule has 0 spiro atoms. The van der Waals surface area contributed by atoms with Crippen LogP contribution in [0.2, 0.25) is 0 Å². The summed E-state index contributed by atoms with van der Waals surface area (Å²) in [4.78, 5) is 80.0. The van der Waals surface area contributed by atoms with Gasteiger partial charge in [0.15, 0.2) is 5.67 Å². The molecule has 16 nitrogen and oxygen atoms in total. The molecule has 4 atom stereocenters. The van der Waals surface area contributed by atoms with E-state index in [1.165, 1.54) is 22.3 Å². The summed E-state index contributed by atoms with van der Waals surface area (Å²) in [6.45, 7) is 10.8. The van der Waals surface area contributed by atoms with Crippen molar-refractivity contribution in [1.29, 1.82) is 0 Å². The number of alkyl halides is 1. The summed E-state index contributed by atoms with van der Waals surface area (Å²) in [6.07, 6.45) is 6.21. The van der Waals surface area contributed by atoms with E-state index in [1.807, 2.05) is 67.3 Å². The van der Waals surface area contributed by atoms with Gasteiger partial charge in [-0.25, -0.2) is 13.8 Å². The van der Waals surface area contributed by atoms with Gasteiger partial charge in [-0.15, -0.1) is 11.3 Å². The number of piperidine rings is 1. The molecule has 422 valence electrons. The van der Waals surface area contributed by atoms with Gasteiger partial charge in [0.05, 0.1) is 47.3 Å². The smallest absolute Gasteiger partial charge is 0.258 e. The van der Waals surface area contributed by atoms with E-state index >= 15 is 0 Å². The number of hydrogen-bond donors (Lipinski definition) is 4. The molecular formula is C60H73F2N7O9S. The van der Waals surface area contributed by atoms with E-state index in [2.05, 4.69) is 25.9 Å². The van der Waals surface area contributed by atoms with Crippen LogP contribution in [-0.2, 0) is 35.3 Å². The number of benzene rings is 3. The number of aromatic nitrogens is 2. The van der Waals surface area contributed by atoms with Crippen molar-refractivity contribution < 1.29 is 52.1 Å². The molecule has 4 fully saturated rings. The van der Waals surface area contributed by atoms with Gasteiger partial charge < -0.3 is 45.1 Å². The van der Waals surface area contributed by atoms with Gasteiger partial charge in [-0.05, 0) is 128 Å². The minimum atomic E-state index is -1.99. The van der Waals surface area contributed by atoms with Crippen molar-refractivity contribution >= 4 is 57.5 Å². The summed E-state index contributed by atoms with van der Waals surface area (Å²) in [5, 5.41) is 20.1. The maximum absolute atomic E-state index is 14.7. The molecule has 4 N–H and O–H groups in total. The van der Waals surface area contributed by atoms with Crippen LogP contribution in [0, 0.1) is 30.0 Å². The number of aryl methyl sites for hydroxylation is 1. The van der Waals surface area contributed by atoms with Crippen LogP contribution in [0.4, 0.5) is 14.5 Å². The molecule has 0 radical (unpaired) electrons. The monoisotopic (exact) mass is 1110 g/mol. The highest BCUT2D eigenvalue weighted by molar-refractivity contribution is 7.13. The van der Waals surface area contributed by atoms with Gasteiger partial charge in [0, 0.05) is 74.2 Å². The van der Waals surface area contributed by atoms with Gasteiger partial charge in [-0.1, -0.05) is 39.8 Å². The third-order valence-electron chi connectivity index (χ3n) is 16.1. The Morgan fingerprint density at radius 2 is 1.66 bits per heavy atom. The van der Waals surface area contributed by atoms with E-state index in [9.17, 15) is 37.9 Å². The molecule has 19 heteroatoms. The molecular weight excluding hydrogens is 1030 g/mol. The Kier molecular flexibility index (Phi) is 18.0. The van der Waals surface area contributed by atoms with Crippen molar-refractivity contribution in [3.8, 4) is 21.9 Å². The highest BCUT2D eigenvalue weighted by Gasteiger charge is 2.53. The van der Waals surface area contributed by atoms with E-state index in [0.29, 0.717) is 54.6 Å². The first-order valence-electron chi connectivity index (χ1n) is 27.7. The van der Waals surface area contributed by atoms with Crippen LogP contribution < -0.4 is 25.4 Å². The van der Waals surface area contributed by atoms with Crippen LogP contribution in [0.25, 0.3) is 21.3 Å². The first-order valence-corrected chi connectivity index (χ1v) is 28.6. The molecule has 2 saturated heterocycles. The predicted molar refractivity (Wildman–Crippen MR) is 297 cm³/mol. The Morgan fingerprint density at radius 1 is 0.911 bits per heavy atom. The lowest BCUT2D eigenvalue weighted by molar-refractivity contribution is -0.145. The van der Waals surface area contributed by atoms with E-state index in [0.717, 1.165) is 58.3 Å². The number of halogens is 2. The van der Waals surface area contributed by atoms with Crippen LogP contribution in [0.15, 0.2) is 78.4 Å². The van der Waals surface area contributed by atoms with E-state index in [4.69, 9.17) is 14.2 Å². The Balaban J connectivity index is 0.690. The molecule has 5 aromatic rings. The largest absolute Gasteiger partial charge is 0.491 e. The van der Waals surface area contributed by atoms with Crippen LogP contribution in [0.1, 0.15) is 115 Å². The number of ether oxygens (including phenoxy) is 3. The van der Waals surface area contributed by atoms with Gasteiger partial charge in [0.2, 0.25) is 23.6 Å². The number of hydrogen-bond acceptors (Lipinski definition) is 12. The molecule has 4 heterocycles. The molecule has 2 aromatic heterocycles. The van der Waals surface area contributed by atoms with Crippen molar-refractivity contribution in [2.45, 2.75) is 141 Å². The molecule has 2 saturated carbocycles. The van der Waals surface area contributed by atoms with Crippen LogP contribution in [-0.4, -0.2) is 124 Å². The lowest BCUT2D eigenvalue weighted by Crippen LogP contribution is -2.59. The number of carbonyl (C=O) groups excluding carboxylic acids is 5. The molecule has 5 amide bonds. The maximum Gasteiger partial charge on any atom is 0.258 e. The maximum atomic E-state index is 14.7. The summed E-state index contributed by atoms with van der Waals surface area (Å²) in [5.74, 6) is -0.592. The number of carbonyl (C=O) groups is 5. The Bertz CT molecular complexity index is 2990. The Labute approximate surface area is 464 Å². The summed E-state index contributed by atoms with van der Waals surface area (Å²) in [5.41, 5.74) is 4.00. The number of thiazole rings is 1. The zero-order valence-electron chi connectivity index (χ0n) is 45.7. The summed E-state index contributed by atoms with van der Waals surface area (Å²) in [7, 11) is 0. The summed E-state index contributed by atoms with van der Waals surface area (Å²) >= 11 is 1.49. The SMILES string of the molecule is Cc1ncsc1-c1ccc(CNC(=O)[C@@H]2C[C@@H](O)CN2C(=O)[C@@H](NC(=O)C2(F)CC2)C(C)(C)C)c(OCCOCCC(=O)N2CCC(Oc3ccc(NC(=O)[C@H](C)C4CCC(c5ccnc6ccc(F)cc56)CC4)cc3)CC2)c1. The molecule has 2 aliphatic heterocycles. The lowest BCUT2D eigenvalue weighted by atomic mass is 9.73. The lowest BCUT2D eigenvalue weighted by Gasteiger charge is -2.35. The number of pyridine rings is 1. The second-order valence-corrected chi connectivity index (χ2v) is 23.7. The van der Waals surface area contributed by atoms with Gasteiger partial charge in [-0.3, -0.25) is 29.0 Å². The van der Waals surface area contributed by atoms with Crippen molar-refractivity contribution in [2.24, 2.45) is 17.3 Å². The fourth-order valence-corrected chi connectivity index (χ4v) is 11.9. The number of aliphatic hydroxyl groups is 1. The summed E-state index contributed by atoms with van der Waals surface area (Å²) in [6, 6.07) is 17.7. The topological polar surface area (TPSA) is 202 Å². The zero-order valence-corrected chi connectivity index (χ0v) is 46.6. The van der Waals surface area contributed by atoms with Crippen LogP contribution in [0.3, 0.4) is 0 Å². The third-order valence-corrected chi connectivity index (χ3v) is 17.1. The highest BCUT2D eigenvalue weighted by Crippen LogP contribution is 2.42. The van der Waals surface area contributed by atoms with E-state index < -0.39 is 47.0 Å².